The maximum atomic E-state index is 14.3. The van der Waals surface area contributed by atoms with Gasteiger partial charge in [-0.25, -0.2) is 4.79 Å². The summed E-state index contributed by atoms with van der Waals surface area (Å²) in [6.07, 6.45) is 7.91. The first-order valence-electron chi connectivity index (χ1n) is 16.9. The van der Waals surface area contributed by atoms with Crippen LogP contribution in [0.5, 0.6) is 5.75 Å². The molecule has 1 fully saturated rings. The van der Waals surface area contributed by atoms with Crippen molar-refractivity contribution in [1.29, 1.82) is 0 Å². The standard InChI is InChI=1S/C36H54N4O5/c1-26-22-40(27(2)25-41)35(42)32-21-31(38-36(43)37-30-16-9-6-10-17-30)18-19-33(32)45-28(3)13-11-12-20-44-34(26)24-39(4)23-29-14-7-5-8-15-29/h5,7-8,14-15,18-19,21,26-28,30,34,41H,6,9-13,16-17,20,22-25H2,1-4H3,(H2,37,38,43)/t26-,27-,28+,34-/m1/s1. The lowest BCUT2D eigenvalue weighted by molar-refractivity contribution is -0.0177. The Morgan fingerprint density at radius 2 is 1.78 bits per heavy atom. The van der Waals surface area contributed by atoms with Gasteiger partial charge >= 0.3 is 6.03 Å². The quantitative estimate of drug-likeness (QED) is 0.330. The molecule has 0 radical (unpaired) electrons. The van der Waals surface area contributed by atoms with Gasteiger partial charge in [0.25, 0.3) is 5.91 Å². The van der Waals surface area contributed by atoms with E-state index in [9.17, 15) is 14.7 Å². The Bertz CT molecular complexity index is 1210. The minimum absolute atomic E-state index is 0.00464. The van der Waals surface area contributed by atoms with Gasteiger partial charge in [-0.1, -0.05) is 56.5 Å². The molecule has 0 saturated heterocycles. The molecule has 0 bridgehead atoms. The van der Waals surface area contributed by atoms with E-state index < -0.39 is 6.04 Å². The average Bonchev–Trinajstić information content (AvgIpc) is 3.03. The van der Waals surface area contributed by atoms with E-state index in [-0.39, 0.29) is 42.7 Å². The molecular formula is C36H54N4O5. The Morgan fingerprint density at radius 3 is 2.51 bits per heavy atom. The third kappa shape index (κ3) is 10.7. The Hall–Kier alpha value is -3.14. The molecule has 0 aromatic heterocycles. The van der Waals surface area contributed by atoms with Gasteiger partial charge in [-0.3, -0.25) is 9.69 Å². The van der Waals surface area contributed by atoms with E-state index in [1.807, 2.05) is 19.9 Å². The number of aliphatic hydroxyl groups excluding tert-OH is 1. The number of nitrogens with zero attached hydrogens (tertiary/aromatic N) is 2. The highest BCUT2D eigenvalue weighted by Crippen LogP contribution is 2.29. The third-order valence-corrected chi connectivity index (χ3v) is 9.04. The van der Waals surface area contributed by atoms with Crippen molar-refractivity contribution in [2.75, 3.05) is 38.7 Å². The van der Waals surface area contributed by atoms with E-state index in [1.54, 1.807) is 23.1 Å². The number of rotatable bonds is 8. The van der Waals surface area contributed by atoms with Gasteiger partial charge in [-0.05, 0) is 76.8 Å². The highest BCUT2D eigenvalue weighted by molar-refractivity contribution is 5.99. The zero-order valence-corrected chi connectivity index (χ0v) is 27.7. The molecule has 2 aromatic carbocycles. The predicted molar refractivity (Wildman–Crippen MR) is 179 cm³/mol. The number of aliphatic hydroxyl groups is 1. The van der Waals surface area contributed by atoms with Crippen LogP contribution in [0.4, 0.5) is 10.5 Å². The lowest BCUT2D eigenvalue weighted by Gasteiger charge is -2.36. The van der Waals surface area contributed by atoms with Crippen LogP contribution in [-0.4, -0.2) is 84.5 Å². The first-order valence-corrected chi connectivity index (χ1v) is 16.9. The molecule has 3 N–H and O–H groups in total. The topological polar surface area (TPSA) is 103 Å². The third-order valence-electron chi connectivity index (χ3n) is 9.04. The Labute approximate surface area is 269 Å². The van der Waals surface area contributed by atoms with Gasteiger partial charge in [0.15, 0.2) is 0 Å². The second kappa shape index (κ2) is 17.5. The zero-order valence-electron chi connectivity index (χ0n) is 27.7. The first-order chi connectivity index (χ1) is 21.7. The number of carbonyl (C=O) groups excluding carboxylic acids is 2. The van der Waals surface area contributed by atoms with Crippen LogP contribution in [0.3, 0.4) is 0 Å². The number of carbonyl (C=O) groups is 2. The maximum Gasteiger partial charge on any atom is 0.319 e. The van der Waals surface area contributed by atoms with Crippen LogP contribution < -0.4 is 15.4 Å². The lowest BCUT2D eigenvalue weighted by atomic mass is 9.96. The van der Waals surface area contributed by atoms with Gasteiger partial charge < -0.3 is 30.1 Å². The van der Waals surface area contributed by atoms with E-state index in [4.69, 9.17) is 9.47 Å². The summed E-state index contributed by atoms with van der Waals surface area (Å²) in [6, 6.07) is 15.1. The molecule has 1 heterocycles. The first kappa shape index (κ1) is 34.7. The van der Waals surface area contributed by atoms with E-state index in [0.29, 0.717) is 36.7 Å². The van der Waals surface area contributed by atoms with Crippen molar-refractivity contribution in [2.24, 2.45) is 5.92 Å². The SMILES string of the molecule is C[C@@H]1CN([C@H](C)CO)C(=O)c2cc(NC(=O)NC3CCCCC3)ccc2O[C@@H](C)CCCCO[C@@H]1CN(C)Cc1ccccc1. The van der Waals surface area contributed by atoms with Gasteiger partial charge in [0, 0.05) is 43.9 Å². The van der Waals surface area contributed by atoms with E-state index in [2.05, 4.69) is 53.8 Å². The molecule has 0 spiro atoms. The minimum Gasteiger partial charge on any atom is -0.490 e. The van der Waals surface area contributed by atoms with Gasteiger partial charge in [-0.15, -0.1) is 0 Å². The largest absolute Gasteiger partial charge is 0.490 e. The second-order valence-corrected chi connectivity index (χ2v) is 13.1. The Balaban J connectivity index is 1.56. The second-order valence-electron chi connectivity index (χ2n) is 13.1. The van der Waals surface area contributed by atoms with Gasteiger partial charge in [0.05, 0.1) is 30.4 Å². The van der Waals surface area contributed by atoms with Crippen LogP contribution in [0, 0.1) is 5.92 Å². The van der Waals surface area contributed by atoms with Crippen LogP contribution in [-0.2, 0) is 11.3 Å². The molecule has 45 heavy (non-hydrogen) atoms. The van der Waals surface area contributed by atoms with E-state index >= 15 is 0 Å². The molecule has 1 saturated carbocycles. The molecule has 3 amide bonds. The van der Waals surface area contributed by atoms with Gasteiger partial charge in [-0.2, -0.15) is 0 Å². The van der Waals surface area contributed by atoms with E-state index in [1.165, 1.54) is 12.0 Å². The van der Waals surface area contributed by atoms with Gasteiger partial charge in [0.1, 0.15) is 5.75 Å². The maximum absolute atomic E-state index is 14.3. The number of likely N-dealkylation sites (N-methyl/N-ethyl adjacent to an activating group) is 1. The van der Waals surface area contributed by atoms with Gasteiger partial charge in [0.2, 0.25) is 0 Å². The number of ether oxygens (including phenoxy) is 2. The fourth-order valence-corrected chi connectivity index (χ4v) is 6.33. The van der Waals surface area contributed by atoms with Crippen molar-refractivity contribution >= 4 is 17.6 Å². The van der Waals surface area contributed by atoms with Crippen molar-refractivity contribution in [2.45, 2.75) is 103 Å². The number of anilines is 1. The summed E-state index contributed by atoms with van der Waals surface area (Å²) in [4.78, 5) is 31.2. The molecule has 9 heteroatoms. The zero-order chi connectivity index (χ0) is 32.2. The molecule has 1 aliphatic heterocycles. The number of benzene rings is 2. The molecule has 2 aromatic rings. The van der Waals surface area contributed by atoms with Crippen molar-refractivity contribution < 1.29 is 24.2 Å². The minimum atomic E-state index is -0.424. The number of hydrogen-bond donors (Lipinski definition) is 3. The molecule has 4 rings (SSSR count). The van der Waals surface area contributed by atoms with Crippen molar-refractivity contribution in [3.8, 4) is 5.75 Å². The molecule has 248 valence electrons. The summed E-state index contributed by atoms with van der Waals surface area (Å²) in [5, 5.41) is 16.3. The summed E-state index contributed by atoms with van der Waals surface area (Å²) in [6.45, 7) is 8.37. The van der Waals surface area contributed by atoms with Crippen molar-refractivity contribution in [1.82, 2.24) is 15.1 Å². The van der Waals surface area contributed by atoms with Crippen LogP contribution in [0.2, 0.25) is 0 Å². The van der Waals surface area contributed by atoms with Crippen LogP contribution in [0.25, 0.3) is 0 Å². The number of amides is 3. The predicted octanol–water partition coefficient (Wildman–Crippen LogP) is 6.07. The van der Waals surface area contributed by atoms with Crippen LogP contribution in [0.15, 0.2) is 48.5 Å². The number of fused-ring (bicyclic) bond motifs is 1. The Kier molecular flexibility index (Phi) is 13.5. The number of hydrogen-bond acceptors (Lipinski definition) is 6. The van der Waals surface area contributed by atoms with Crippen LogP contribution >= 0.6 is 0 Å². The molecule has 4 atom stereocenters. The lowest BCUT2D eigenvalue weighted by Crippen LogP contribution is -2.47. The van der Waals surface area contributed by atoms with Crippen molar-refractivity contribution in [3.63, 3.8) is 0 Å². The summed E-state index contributed by atoms with van der Waals surface area (Å²) < 4.78 is 12.8. The fraction of sp³-hybridized carbons (Fsp3) is 0.611. The fourth-order valence-electron chi connectivity index (χ4n) is 6.33. The average molecular weight is 623 g/mol. The number of nitrogens with one attached hydrogen (secondary N) is 2. The van der Waals surface area contributed by atoms with Crippen molar-refractivity contribution in [3.05, 3.63) is 59.7 Å². The summed E-state index contributed by atoms with van der Waals surface area (Å²) in [7, 11) is 2.10. The molecule has 9 nitrogen and oxygen atoms in total. The Morgan fingerprint density at radius 1 is 1.04 bits per heavy atom. The molecule has 0 unspecified atom stereocenters. The smallest absolute Gasteiger partial charge is 0.319 e. The summed E-state index contributed by atoms with van der Waals surface area (Å²) in [5.74, 6) is 0.242. The highest BCUT2D eigenvalue weighted by Gasteiger charge is 2.30. The van der Waals surface area contributed by atoms with Crippen LogP contribution in [0.1, 0.15) is 88.1 Å². The molecule has 2 aliphatic rings. The molecular weight excluding hydrogens is 568 g/mol. The molecule has 1 aliphatic carbocycles. The summed E-state index contributed by atoms with van der Waals surface area (Å²) in [5.41, 5.74) is 2.14. The monoisotopic (exact) mass is 622 g/mol. The van der Waals surface area contributed by atoms with E-state index in [0.717, 1.165) is 51.5 Å². The normalized spacial score (nSPS) is 23.0. The highest BCUT2D eigenvalue weighted by atomic mass is 16.5. The summed E-state index contributed by atoms with van der Waals surface area (Å²) >= 11 is 0. The number of urea groups is 1.